The third-order valence-corrected chi connectivity index (χ3v) is 3.43. The van der Waals surface area contributed by atoms with Gasteiger partial charge in [0.05, 0.1) is 18.2 Å². The number of benzene rings is 2. The monoisotopic (exact) mass is 320 g/mol. The van der Waals surface area contributed by atoms with Gasteiger partial charge in [0.15, 0.2) is 0 Å². The summed E-state index contributed by atoms with van der Waals surface area (Å²) in [6.07, 6.45) is -4.37. The Morgan fingerprint density at radius 2 is 1.74 bits per heavy atom. The molecule has 0 fully saturated rings. The number of carbonyl (C=O) groups is 1. The molecular formula is C17H11F3O3. The van der Waals surface area contributed by atoms with Crippen molar-refractivity contribution in [2.24, 2.45) is 0 Å². The molecule has 0 amide bonds. The van der Waals surface area contributed by atoms with Gasteiger partial charge < -0.3 is 9.15 Å². The first-order chi connectivity index (χ1) is 10.9. The number of esters is 1. The smallest absolute Gasteiger partial charge is 0.416 e. The molecule has 0 unspecified atom stereocenters. The van der Waals surface area contributed by atoms with E-state index < -0.39 is 17.7 Å². The average molecular weight is 320 g/mol. The van der Waals surface area contributed by atoms with Crippen LogP contribution in [0.15, 0.2) is 52.9 Å². The Kier molecular flexibility index (Phi) is 3.60. The van der Waals surface area contributed by atoms with Gasteiger partial charge in [0.1, 0.15) is 11.3 Å². The summed E-state index contributed by atoms with van der Waals surface area (Å²) in [5.74, 6) is -0.0417. The SMILES string of the molecule is COC(=O)c1ccc2oc(-c3ccc(C(F)(F)F)cc3)cc2c1. The van der Waals surface area contributed by atoms with E-state index in [1.807, 2.05) is 0 Å². The van der Waals surface area contributed by atoms with E-state index in [2.05, 4.69) is 4.74 Å². The van der Waals surface area contributed by atoms with Crippen molar-refractivity contribution in [3.8, 4) is 11.3 Å². The maximum Gasteiger partial charge on any atom is 0.416 e. The Morgan fingerprint density at radius 1 is 1.04 bits per heavy atom. The van der Waals surface area contributed by atoms with E-state index in [-0.39, 0.29) is 0 Å². The number of furan rings is 1. The van der Waals surface area contributed by atoms with Gasteiger partial charge in [0.2, 0.25) is 0 Å². The largest absolute Gasteiger partial charge is 0.465 e. The van der Waals surface area contributed by atoms with E-state index in [1.165, 1.54) is 19.2 Å². The number of methoxy groups -OCH3 is 1. The van der Waals surface area contributed by atoms with Gasteiger partial charge in [-0.15, -0.1) is 0 Å². The van der Waals surface area contributed by atoms with Crippen molar-refractivity contribution >= 4 is 16.9 Å². The number of hydrogen-bond acceptors (Lipinski definition) is 3. The molecule has 2 aromatic carbocycles. The van der Waals surface area contributed by atoms with E-state index in [4.69, 9.17) is 4.42 Å². The number of hydrogen-bond donors (Lipinski definition) is 0. The van der Waals surface area contributed by atoms with E-state index in [9.17, 15) is 18.0 Å². The van der Waals surface area contributed by atoms with Crippen LogP contribution in [-0.2, 0) is 10.9 Å². The molecular weight excluding hydrogens is 309 g/mol. The lowest BCUT2D eigenvalue weighted by molar-refractivity contribution is -0.137. The molecule has 0 aliphatic rings. The molecule has 0 bridgehead atoms. The zero-order valence-electron chi connectivity index (χ0n) is 12.0. The standard InChI is InChI=1S/C17H11F3O3/c1-22-16(21)11-4-7-14-12(8-11)9-15(23-14)10-2-5-13(6-3-10)17(18,19)20/h2-9H,1H3. The zero-order valence-corrected chi connectivity index (χ0v) is 12.0. The highest BCUT2D eigenvalue weighted by Gasteiger charge is 2.30. The lowest BCUT2D eigenvalue weighted by Crippen LogP contribution is -2.03. The lowest BCUT2D eigenvalue weighted by atomic mass is 10.1. The Bertz CT molecular complexity index is 861. The molecule has 0 aliphatic heterocycles. The van der Waals surface area contributed by atoms with Crippen molar-refractivity contribution in [1.82, 2.24) is 0 Å². The fourth-order valence-electron chi connectivity index (χ4n) is 2.25. The summed E-state index contributed by atoms with van der Waals surface area (Å²) < 4.78 is 48.0. The summed E-state index contributed by atoms with van der Waals surface area (Å²) in [7, 11) is 1.29. The van der Waals surface area contributed by atoms with Crippen LogP contribution in [0.4, 0.5) is 13.2 Å². The van der Waals surface area contributed by atoms with Crippen LogP contribution in [0.2, 0.25) is 0 Å². The molecule has 0 aliphatic carbocycles. The van der Waals surface area contributed by atoms with Crippen molar-refractivity contribution in [3.05, 3.63) is 59.7 Å². The van der Waals surface area contributed by atoms with Crippen LogP contribution in [0.25, 0.3) is 22.3 Å². The van der Waals surface area contributed by atoms with Crippen LogP contribution in [0.5, 0.6) is 0 Å². The first-order valence-corrected chi connectivity index (χ1v) is 6.68. The molecule has 3 aromatic rings. The minimum atomic E-state index is -4.37. The molecule has 6 heteroatoms. The van der Waals surface area contributed by atoms with Gasteiger partial charge in [-0.1, -0.05) is 12.1 Å². The van der Waals surface area contributed by atoms with Crippen LogP contribution in [0, 0.1) is 0 Å². The minimum Gasteiger partial charge on any atom is -0.465 e. The molecule has 1 heterocycles. The molecule has 3 rings (SSSR count). The van der Waals surface area contributed by atoms with Gasteiger partial charge >= 0.3 is 12.1 Å². The Balaban J connectivity index is 1.98. The topological polar surface area (TPSA) is 39.4 Å². The van der Waals surface area contributed by atoms with Crippen LogP contribution < -0.4 is 0 Å². The first kappa shape index (κ1) is 15.1. The minimum absolute atomic E-state index is 0.375. The van der Waals surface area contributed by atoms with Gasteiger partial charge in [-0.3, -0.25) is 0 Å². The molecule has 0 saturated heterocycles. The summed E-state index contributed by atoms with van der Waals surface area (Å²) in [6, 6.07) is 11.2. The van der Waals surface area contributed by atoms with Crippen molar-refractivity contribution in [2.45, 2.75) is 6.18 Å². The van der Waals surface area contributed by atoms with Crippen LogP contribution in [0.3, 0.4) is 0 Å². The van der Waals surface area contributed by atoms with E-state index in [0.29, 0.717) is 27.9 Å². The molecule has 3 nitrogen and oxygen atoms in total. The van der Waals surface area contributed by atoms with Crippen LogP contribution >= 0.6 is 0 Å². The van der Waals surface area contributed by atoms with E-state index in [1.54, 1.807) is 24.3 Å². The van der Waals surface area contributed by atoms with Crippen molar-refractivity contribution in [1.29, 1.82) is 0 Å². The third-order valence-electron chi connectivity index (χ3n) is 3.43. The highest BCUT2D eigenvalue weighted by atomic mass is 19.4. The highest BCUT2D eigenvalue weighted by molar-refractivity contribution is 5.95. The van der Waals surface area contributed by atoms with Crippen molar-refractivity contribution in [3.63, 3.8) is 0 Å². The summed E-state index contributed by atoms with van der Waals surface area (Å²) in [6.45, 7) is 0. The number of alkyl halides is 3. The molecule has 0 saturated carbocycles. The average Bonchev–Trinajstić information content (AvgIpc) is 2.96. The number of halogens is 3. The maximum atomic E-state index is 12.6. The van der Waals surface area contributed by atoms with Crippen LogP contribution in [0.1, 0.15) is 15.9 Å². The van der Waals surface area contributed by atoms with Gasteiger partial charge in [-0.2, -0.15) is 13.2 Å². The van der Waals surface area contributed by atoms with Gasteiger partial charge in [0.25, 0.3) is 0 Å². The van der Waals surface area contributed by atoms with E-state index >= 15 is 0 Å². The van der Waals surface area contributed by atoms with Gasteiger partial charge in [0, 0.05) is 10.9 Å². The zero-order chi connectivity index (χ0) is 16.6. The van der Waals surface area contributed by atoms with Crippen LogP contribution in [-0.4, -0.2) is 13.1 Å². The molecule has 0 atom stereocenters. The Hall–Kier alpha value is -2.76. The number of fused-ring (bicyclic) bond motifs is 1. The normalized spacial score (nSPS) is 11.7. The molecule has 0 spiro atoms. The van der Waals surface area contributed by atoms with Gasteiger partial charge in [-0.25, -0.2) is 4.79 Å². The summed E-state index contributed by atoms with van der Waals surface area (Å²) in [5, 5.41) is 0.669. The highest BCUT2D eigenvalue weighted by Crippen LogP contribution is 2.33. The number of carbonyl (C=O) groups excluding carboxylic acids is 1. The third kappa shape index (κ3) is 2.92. The maximum absolute atomic E-state index is 12.6. The summed E-state index contributed by atoms with van der Waals surface area (Å²) in [4.78, 5) is 11.5. The lowest BCUT2D eigenvalue weighted by Gasteiger charge is -2.06. The fraction of sp³-hybridized carbons (Fsp3) is 0.118. The Labute approximate surface area is 129 Å². The summed E-state index contributed by atoms with van der Waals surface area (Å²) >= 11 is 0. The quantitative estimate of drug-likeness (QED) is 0.630. The molecule has 0 radical (unpaired) electrons. The predicted molar refractivity (Wildman–Crippen MR) is 78.0 cm³/mol. The van der Waals surface area contributed by atoms with E-state index in [0.717, 1.165) is 12.1 Å². The summed E-state index contributed by atoms with van der Waals surface area (Å²) in [5.41, 5.74) is 0.714. The molecule has 1 aromatic heterocycles. The second-order valence-corrected chi connectivity index (χ2v) is 4.93. The second-order valence-electron chi connectivity index (χ2n) is 4.93. The van der Waals surface area contributed by atoms with Crippen molar-refractivity contribution < 1.29 is 27.1 Å². The number of rotatable bonds is 2. The van der Waals surface area contributed by atoms with Crippen molar-refractivity contribution in [2.75, 3.05) is 7.11 Å². The molecule has 118 valence electrons. The molecule has 0 N–H and O–H groups in total. The first-order valence-electron chi connectivity index (χ1n) is 6.68. The Morgan fingerprint density at radius 3 is 2.35 bits per heavy atom. The fourth-order valence-corrected chi connectivity index (χ4v) is 2.25. The van der Waals surface area contributed by atoms with Gasteiger partial charge in [-0.05, 0) is 36.4 Å². The molecule has 23 heavy (non-hydrogen) atoms. The second kappa shape index (κ2) is 5.46. The predicted octanol–water partition coefficient (Wildman–Crippen LogP) is 4.91. The number of ether oxygens (including phenoxy) is 1.